The van der Waals surface area contributed by atoms with E-state index in [-0.39, 0.29) is 5.91 Å². The van der Waals surface area contributed by atoms with Gasteiger partial charge in [-0.05, 0) is 35.9 Å². The molecule has 0 aliphatic heterocycles. The molecule has 1 N–H and O–H groups in total. The molecular formula is C20H16N4O2. The highest BCUT2D eigenvalue weighted by Gasteiger charge is 2.18. The molecule has 0 atom stereocenters. The van der Waals surface area contributed by atoms with Crippen molar-refractivity contribution in [2.75, 3.05) is 0 Å². The predicted molar refractivity (Wildman–Crippen MR) is 96.7 cm³/mol. The van der Waals surface area contributed by atoms with Crippen molar-refractivity contribution in [3.05, 3.63) is 90.6 Å². The lowest BCUT2D eigenvalue weighted by Crippen LogP contribution is -2.25. The second kappa shape index (κ2) is 7.06. The van der Waals surface area contributed by atoms with E-state index in [1.54, 1.807) is 35.5 Å². The molecule has 4 rings (SSSR count). The number of hydrogen-bond donors (Lipinski definition) is 1. The normalized spacial score (nSPS) is 10.6. The van der Waals surface area contributed by atoms with Gasteiger partial charge in [0.2, 0.25) is 0 Å². The summed E-state index contributed by atoms with van der Waals surface area (Å²) in [5, 5.41) is 7.46. The van der Waals surface area contributed by atoms with Gasteiger partial charge < -0.3 is 9.73 Å². The summed E-state index contributed by atoms with van der Waals surface area (Å²) in [6.07, 6.45) is 5.01. The first kappa shape index (κ1) is 15.8. The molecule has 128 valence electrons. The molecule has 0 aliphatic rings. The molecule has 0 saturated carbocycles. The van der Waals surface area contributed by atoms with Crippen LogP contribution in [0.5, 0.6) is 0 Å². The third-order valence-corrected chi connectivity index (χ3v) is 3.89. The first-order chi connectivity index (χ1) is 12.8. The number of carbonyl (C=O) groups excluding carboxylic acids is 1. The van der Waals surface area contributed by atoms with E-state index >= 15 is 0 Å². The number of hydrogen-bond acceptors (Lipinski definition) is 4. The lowest BCUT2D eigenvalue weighted by Gasteiger charge is -2.08. The smallest absolute Gasteiger partial charge is 0.270 e. The number of nitrogens with one attached hydrogen (secondary N) is 1. The third kappa shape index (κ3) is 3.25. The number of carbonyl (C=O) groups is 1. The summed E-state index contributed by atoms with van der Waals surface area (Å²) in [7, 11) is 0. The van der Waals surface area contributed by atoms with E-state index in [1.807, 2.05) is 48.5 Å². The monoisotopic (exact) mass is 344 g/mol. The fourth-order valence-corrected chi connectivity index (χ4v) is 2.63. The average molecular weight is 344 g/mol. The molecule has 0 unspecified atom stereocenters. The number of furan rings is 1. The molecule has 0 saturated heterocycles. The Hall–Kier alpha value is -3.67. The van der Waals surface area contributed by atoms with Crippen molar-refractivity contribution < 1.29 is 9.21 Å². The standard InChI is InChI=1S/C20H16N4O2/c25-20(22-14-15-6-4-10-21-13-15)18-12-17(19-9-5-11-26-19)23-24(18)16-7-2-1-3-8-16/h1-13H,14H2,(H,22,25). The van der Waals surface area contributed by atoms with Crippen LogP contribution in [0.25, 0.3) is 17.1 Å². The molecule has 1 aromatic carbocycles. The van der Waals surface area contributed by atoms with Gasteiger partial charge in [-0.1, -0.05) is 24.3 Å². The van der Waals surface area contributed by atoms with Crippen molar-refractivity contribution in [2.24, 2.45) is 0 Å². The molecule has 0 aliphatic carbocycles. The molecule has 0 bridgehead atoms. The summed E-state index contributed by atoms with van der Waals surface area (Å²) in [4.78, 5) is 16.8. The van der Waals surface area contributed by atoms with Crippen LogP contribution in [-0.4, -0.2) is 20.7 Å². The van der Waals surface area contributed by atoms with Gasteiger partial charge in [0, 0.05) is 25.0 Å². The van der Waals surface area contributed by atoms with Gasteiger partial charge in [-0.3, -0.25) is 9.78 Å². The Balaban J connectivity index is 1.66. The number of amides is 1. The van der Waals surface area contributed by atoms with Crippen molar-refractivity contribution >= 4 is 5.91 Å². The van der Waals surface area contributed by atoms with Crippen LogP contribution in [0.3, 0.4) is 0 Å². The van der Waals surface area contributed by atoms with Crippen LogP contribution in [0.15, 0.2) is 83.7 Å². The molecule has 1 amide bonds. The zero-order valence-electron chi connectivity index (χ0n) is 13.9. The quantitative estimate of drug-likeness (QED) is 0.602. The SMILES string of the molecule is O=C(NCc1cccnc1)c1cc(-c2ccco2)nn1-c1ccccc1. The van der Waals surface area contributed by atoms with Crippen molar-refractivity contribution in [3.63, 3.8) is 0 Å². The molecule has 4 aromatic rings. The Labute approximate surface area is 150 Å². The van der Waals surface area contributed by atoms with Crippen LogP contribution in [0.2, 0.25) is 0 Å². The molecule has 0 fully saturated rings. The Morgan fingerprint density at radius 2 is 1.96 bits per heavy atom. The van der Waals surface area contributed by atoms with Gasteiger partial charge in [-0.2, -0.15) is 5.10 Å². The summed E-state index contributed by atoms with van der Waals surface area (Å²) >= 11 is 0. The van der Waals surface area contributed by atoms with E-state index < -0.39 is 0 Å². The van der Waals surface area contributed by atoms with Crippen molar-refractivity contribution in [1.29, 1.82) is 0 Å². The van der Waals surface area contributed by atoms with E-state index in [4.69, 9.17) is 4.42 Å². The number of rotatable bonds is 5. The minimum absolute atomic E-state index is 0.219. The maximum absolute atomic E-state index is 12.8. The summed E-state index contributed by atoms with van der Waals surface area (Å²) in [6, 6.07) is 18.6. The lowest BCUT2D eigenvalue weighted by atomic mass is 10.2. The lowest BCUT2D eigenvalue weighted by molar-refractivity contribution is 0.0943. The van der Waals surface area contributed by atoms with Crippen LogP contribution in [0, 0.1) is 0 Å². The van der Waals surface area contributed by atoms with Gasteiger partial charge >= 0.3 is 0 Å². The third-order valence-electron chi connectivity index (χ3n) is 3.89. The summed E-state index contributed by atoms with van der Waals surface area (Å²) in [5.74, 6) is 0.393. The summed E-state index contributed by atoms with van der Waals surface area (Å²) < 4.78 is 7.04. The molecule has 0 radical (unpaired) electrons. The van der Waals surface area contributed by atoms with Crippen LogP contribution >= 0.6 is 0 Å². The van der Waals surface area contributed by atoms with Crippen LogP contribution in [0.1, 0.15) is 16.1 Å². The first-order valence-corrected chi connectivity index (χ1v) is 8.18. The molecule has 26 heavy (non-hydrogen) atoms. The Morgan fingerprint density at radius 3 is 2.69 bits per heavy atom. The number of aromatic nitrogens is 3. The van der Waals surface area contributed by atoms with Crippen molar-refractivity contribution in [1.82, 2.24) is 20.1 Å². The maximum atomic E-state index is 12.8. The highest BCUT2D eigenvalue weighted by atomic mass is 16.3. The largest absolute Gasteiger partial charge is 0.463 e. The minimum Gasteiger partial charge on any atom is -0.463 e. The number of para-hydroxylation sites is 1. The molecule has 0 spiro atoms. The number of benzene rings is 1. The average Bonchev–Trinajstić information content (AvgIpc) is 3.37. The number of nitrogens with zero attached hydrogens (tertiary/aromatic N) is 3. The van der Waals surface area contributed by atoms with E-state index in [0.29, 0.717) is 23.7 Å². The maximum Gasteiger partial charge on any atom is 0.270 e. The van der Waals surface area contributed by atoms with Gasteiger partial charge in [0.15, 0.2) is 5.76 Å². The van der Waals surface area contributed by atoms with Crippen LogP contribution in [-0.2, 0) is 6.54 Å². The van der Waals surface area contributed by atoms with Gasteiger partial charge in [0.25, 0.3) is 5.91 Å². The molecule has 6 nitrogen and oxygen atoms in total. The highest BCUT2D eigenvalue weighted by molar-refractivity contribution is 5.94. The van der Waals surface area contributed by atoms with Crippen molar-refractivity contribution in [3.8, 4) is 17.1 Å². The van der Waals surface area contributed by atoms with Crippen LogP contribution < -0.4 is 5.32 Å². The Kier molecular flexibility index (Phi) is 4.30. The van der Waals surface area contributed by atoms with E-state index in [1.165, 1.54) is 0 Å². The molecule has 3 heterocycles. The highest BCUT2D eigenvalue weighted by Crippen LogP contribution is 2.22. The summed E-state index contributed by atoms with van der Waals surface area (Å²) in [6.45, 7) is 0.392. The van der Waals surface area contributed by atoms with Gasteiger partial charge in [0.1, 0.15) is 11.4 Å². The fourth-order valence-electron chi connectivity index (χ4n) is 2.63. The van der Waals surface area contributed by atoms with Crippen molar-refractivity contribution in [2.45, 2.75) is 6.54 Å². The van der Waals surface area contributed by atoms with Gasteiger partial charge in [0.05, 0.1) is 12.0 Å². The van der Waals surface area contributed by atoms with E-state index in [0.717, 1.165) is 11.3 Å². The zero-order chi connectivity index (χ0) is 17.8. The molecular weight excluding hydrogens is 328 g/mol. The second-order valence-corrected chi connectivity index (χ2v) is 5.68. The predicted octanol–water partition coefficient (Wildman–Crippen LogP) is 3.46. The minimum atomic E-state index is -0.219. The van der Waals surface area contributed by atoms with E-state index in [2.05, 4.69) is 15.4 Å². The topological polar surface area (TPSA) is 73.0 Å². The molecule has 6 heteroatoms. The molecule has 3 aromatic heterocycles. The first-order valence-electron chi connectivity index (χ1n) is 8.18. The summed E-state index contributed by atoms with van der Waals surface area (Å²) in [5.41, 5.74) is 2.77. The van der Waals surface area contributed by atoms with E-state index in [9.17, 15) is 4.79 Å². The Bertz CT molecular complexity index is 993. The fraction of sp³-hybridized carbons (Fsp3) is 0.0500. The second-order valence-electron chi connectivity index (χ2n) is 5.68. The van der Waals surface area contributed by atoms with Gasteiger partial charge in [-0.25, -0.2) is 4.68 Å². The van der Waals surface area contributed by atoms with Gasteiger partial charge in [-0.15, -0.1) is 0 Å². The zero-order valence-corrected chi connectivity index (χ0v) is 13.9. The Morgan fingerprint density at radius 1 is 1.08 bits per heavy atom. The number of pyridine rings is 1. The van der Waals surface area contributed by atoms with Crippen LogP contribution in [0.4, 0.5) is 0 Å².